The molecule has 4 rings (SSSR count). The molecule has 3 heterocycles. The lowest BCUT2D eigenvalue weighted by Crippen LogP contribution is -2.40. The molecular formula is C21H26N4O2. The molecule has 0 atom stereocenters. The molecule has 0 radical (unpaired) electrons. The van der Waals surface area contributed by atoms with Gasteiger partial charge in [0.2, 0.25) is 5.95 Å². The molecule has 6 heteroatoms. The zero-order valence-corrected chi connectivity index (χ0v) is 16.7. The van der Waals surface area contributed by atoms with Gasteiger partial charge in [-0.3, -0.25) is 9.36 Å². The topological polar surface area (TPSA) is 52.3 Å². The van der Waals surface area contributed by atoms with Crippen LogP contribution < -0.4 is 10.5 Å². The van der Waals surface area contributed by atoms with Gasteiger partial charge in [-0.15, -0.1) is 0 Å². The number of aryl methyl sites for hydroxylation is 4. The Bertz CT molecular complexity index is 1060. The fourth-order valence-corrected chi connectivity index (χ4v) is 4.23. The number of ether oxygens (including phenoxy) is 1. The molecule has 0 amide bonds. The van der Waals surface area contributed by atoms with Crippen LogP contribution in [-0.4, -0.2) is 40.4 Å². The Morgan fingerprint density at radius 3 is 2.30 bits per heavy atom. The molecule has 0 spiro atoms. The summed E-state index contributed by atoms with van der Waals surface area (Å²) < 4.78 is 9.08. The predicted molar refractivity (Wildman–Crippen MR) is 109 cm³/mol. The zero-order chi connectivity index (χ0) is 19.3. The summed E-state index contributed by atoms with van der Waals surface area (Å²) in [5.74, 6) is 0.709. The van der Waals surface area contributed by atoms with Crippen LogP contribution >= 0.6 is 0 Å². The molecule has 0 N–H and O–H groups in total. The van der Waals surface area contributed by atoms with Crippen LogP contribution in [0.25, 0.3) is 22.2 Å². The summed E-state index contributed by atoms with van der Waals surface area (Å²) >= 11 is 0. The summed E-state index contributed by atoms with van der Waals surface area (Å²) in [6.07, 6.45) is 2.03. The zero-order valence-electron chi connectivity index (χ0n) is 16.7. The van der Waals surface area contributed by atoms with E-state index in [4.69, 9.17) is 9.72 Å². The summed E-state index contributed by atoms with van der Waals surface area (Å²) in [6, 6.07) is 4.34. The molecule has 0 unspecified atom stereocenters. The number of hydrogen-bond acceptors (Lipinski definition) is 4. The molecule has 1 fully saturated rings. The van der Waals surface area contributed by atoms with Gasteiger partial charge in [0.05, 0.1) is 18.6 Å². The third-order valence-electron chi connectivity index (χ3n) is 5.41. The first-order valence-electron chi connectivity index (χ1n) is 9.35. The van der Waals surface area contributed by atoms with Crippen molar-refractivity contribution in [2.24, 2.45) is 14.1 Å². The molecule has 1 aromatic carbocycles. The minimum absolute atomic E-state index is 0.00327. The Kier molecular flexibility index (Phi) is 4.30. The average molecular weight is 366 g/mol. The molecule has 6 nitrogen and oxygen atoms in total. The van der Waals surface area contributed by atoms with E-state index in [-0.39, 0.29) is 5.56 Å². The lowest BCUT2D eigenvalue weighted by Gasteiger charge is -2.28. The maximum atomic E-state index is 13.3. The minimum atomic E-state index is -0.00327. The van der Waals surface area contributed by atoms with E-state index < -0.39 is 0 Å². The first kappa shape index (κ1) is 17.8. The molecule has 0 saturated carbocycles. The smallest absolute Gasteiger partial charge is 0.264 e. The van der Waals surface area contributed by atoms with E-state index in [1.165, 1.54) is 16.7 Å². The Morgan fingerprint density at radius 1 is 1.04 bits per heavy atom. The Balaban J connectivity index is 1.98. The number of hydrogen-bond donors (Lipinski definition) is 0. The van der Waals surface area contributed by atoms with Crippen molar-refractivity contribution < 1.29 is 4.74 Å². The molecule has 0 aliphatic carbocycles. The van der Waals surface area contributed by atoms with Crippen molar-refractivity contribution in [2.75, 3.05) is 31.2 Å². The first-order chi connectivity index (χ1) is 12.9. The highest BCUT2D eigenvalue weighted by molar-refractivity contribution is 5.95. The number of rotatable bonds is 2. The van der Waals surface area contributed by atoms with Crippen molar-refractivity contribution in [3.63, 3.8) is 0 Å². The molecule has 142 valence electrons. The highest BCUT2D eigenvalue weighted by Crippen LogP contribution is 2.33. The first-order valence-corrected chi connectivity index (χ1v) is 9.35. The number of benzene rings is 1. The second-order valence-electron chi connectivity index (χ2n) is 7.50. The van der Waals surface area contributed by atoms with Gasteiger partial charge in [-0.25, -0.2) is 0 Å². The van der Waals surface area contributed by atoms with Crippen molar-refractivity contribution in [1.82, 2.24) is 14.1 Å². The van der Waals surface area contributed by atoms with E-state index >= 15 is 0 Å². The normalized spacial score (nSPS) is 14.9. The number of aromatic nitrogens is 3. The molecule has 2 aromatic heterocycles. The maximum absolute atomic E-state index is 13.3. The van der Waals surface area contributed by atoms with E-state index in [0.717, 1.165) is 29.9 Å². The molecule has 27 heavy (non-hydrogen) atoms. The van der Waals surface area contributed by atoms with Gasteiger partial charge in [0.15, 0.2) is 0 Å². The van der Waals surface area contributed by atoms with Crippen LogP contribution in [0.3, 0.4) is 0 Å². The van der Waals surface area contributed by atoms with Gasteiger partial charge in [0, 0.05) is 38.9 Å². The molecule has 1 saturated heterocycles. The summed E-state index contributed by atoms with van der Waals surface area (Å²) in [5.41, 5.74) is 6.41. The summed E-state index contributed by atoms with van der Waals surface area (Å²) in [5, 5.41) is 0.687. The molecule has 1 aliphatic heterocycles. The van der Waals surface area contributed by atoms with Gasteiger partial charge in [-0.1, -0.05) is 17.7 Å². The van der Waals surface area contributed by atoms with E-state index in [1.807, 2.05) is 24.9 Å². The van der Waals surface area contributed by atoms with Crippen LogP contribution in [-0.2, 0) is 18.8 Å². The monoisotopic (exact) mass is 366 g/mol. The number of anilines is 1. The Labute approximate surface area is 159 Å². The SMILES string of the molecule is Cc1cc(C)c(-c2cn(C)c3nc(N4CCOCC4)n(C)c(=O)c23)c(C)c1. The highest BCUT2D eigenvalue weighted by Gasteiger charge is 2.22. The molecule has 1 aliphatic rings. The third-order valence-corrected chi connectivity index (χ3v) is 5.41. The summed E-state index contributed by atoms with van der Waals surface area (Å²) in [4.78, 5) is 20.3. The van der Waals surface area contributed by atoms with Crippen LogP contribution in [0.15, 0.2) is 23.1 Å². The fraction of sp³-hybridized carbons (Fsp3) is 0.429. The van der Waals surface area contributed by atoms with Gasteiger partial charge in [0.1, 0.15) is 5.65 Å². The Morgan fingerprint density at radius 2 is 1.67 bits per heavy atom. The van der Waals surface area contributed by atoms with Crippen LogP contribution in [0.5, 0.6) is 0 Å². The van der Waals surface area contributed by atoms with Crippen molar-refractivity contribution in [2.45, 2.75) is 20.8 Å². The van der Waals surface area contributed by atoms with Crippen LogP contribution in [0.4, 0.5) is 5.95 Å². The van der Waals surface area contributed by atoms with Crippen molar-refractivity contribution in [3.8, 4) is 11.1 Å². The number of nitrogens with zero attached hydrogens (tertiary/aromatic N) is 4. The van der Waals surface area contributed by atoms with Crippen LogP contribution in [0, 0.1) is 20.8 Å². The second-order valence-corrected chi connectivity index (χ2v) is 7.50. The standard InChI is InChI=1S/C21H26N4O2/c1-13-10-14(2)17(15(3)11-13)16-12-23(4)19-18(16)20(26)24(5)21(22-19)25-6-8-27-9-7-25/h10-12H,6-9H2,1-5H3. The van der Waals surface area contributed by atoms with Gasteiger partial charge < -0.3 is 14.2 Å². The Hall–Kier alpha value is -2.60. The highest BCUT2D eigenvalue weighted by atomic mass is 16.5. The summed E-state index contributed by atoms with van der Waals surface area (Å²) in [6.45, 7) is 9.13. The number of morpholine rings is 1. The summed E-state index contributed by atoms with van der Waals surface area (Å²) in [7, 11) is 3.77. The number of fused-ring (bicyclic) bond motifs is 1. The van der Waals surface area contributed by atoms with Crippen molar-refractivity contribution in [1.29, 1.82) is 0 Å². The fourth-order valence-electron chi connectivity index (χ4n) is 4.23. The van der Waals surface area contributed by atoms with Gasteiger partial charge in [-0.2, -0.15) is 4.98 Å². The molecule has 0 bridgehead atoms. The van der Waals surface area contributed by atoms with E-state index in [2.05, 4.69) is 37.8 Å². The molecular weight excluding hydrogens is 340 g/mol. The third kappa shape index (κ3) is 2.84. The second kappa shape index (κ2) is 6.53. The lowest BCUT2D eigenvalue weighted by molar-refractivity contribution is 0.121. The van der Waals surface area contributed by atoms with Crippen molar-refractivity contribution in [3.05, 3.63) is 45.4 Å². The predicted octanol–water partition coefficient (Wildman–Crippen LogP) is 2.70. The largest absolute Gasteiger partial charge is 0.378 e. The van der Waals surface area contributed by atoms with Crippen LogP contribution in [0.1, 0.15) is 16.7 Å². The average Bonchev–Trinajstić information content (AvgIpc) is 2.94. The van der Waals surface area contributed by atoms with Crippen molar-refractivity contribution >= 4 is 17.0 Å². The van der Waals surface area contributed by atoms with Gasteiger partial charge in [-0.05, 0) is 37.5 Å². The quantitative estimate of drug-likeness (QED) is 0.700. The van der Waals surface area contributed by atoms with E-state index in [0.29, 0.717) is 24.5 Å². The van der Waals surface area contributed by atoms with Gasteiger partial charge >= 0.3 is 0 Å². The lowest BCUT2D eigenvalue weighted by atomic mass is 9.94. The maximum Gasteiger partial charge on any atom is 0.264 e. The minimum Gasteiger partial charge on any atom is -0.378 e. The van der Waals surface area contributed by atoms with Crippen LogP contribution in [0.2, 0.25) is 0 Å². The van der Waals surface area contributed by atoms with Gasteiger partial charge in [0.25, 0.3) is 5.56 Å². The van der Waals surface area contributed by atoms with E-state index in [1.54, 1.807) is 4.57 Å². The molecule has 3 aromatic rings. The van der Waals surface area contributed by atoms with E-state index in [9.17, 15) is 4.79 Å².